The van der Waals surface area contributed by atoms with Gasteiger partial charge in [-0.25, -0.2) is 0 Å². The van der Waals surface area contributed by atoms with E-state index in [1.807, 2.05) is 4.90 Å². The summed E-state index contributed by atoms with van der Waals surface area (Å²) in [5.41, 5.74) is 2.52. The van der Waals surface area contributed by atoms with Crippen LogP contribution in [0.4, 0.5) is 0 Å². The summed E-state index contributed by atoms with van der Waals surface area (Å²) in [7, 11) is 0. The zero-order chi connectivity index (χ0) is 18.8. The standard InChI is InChI=1S/C21H26N4O2/c1-13(2)15-4-5-18-16(10-15)21(6-9-27-18)11-17(21)20(26)25-8-7-24-12-22-23-19(24)14(25)3/h4-5,10,12-14,17H,6-9,11H2,1-3H3/t14-,17+,21+/m1/s1. The molecule has 1 fully saturated rings. The molecular formula is C21H26N4O2. The van der Waals surface area contributed by atoms with Gasteiger partial charge in [-0.2, -0.15) is 0 Å². The fourth-order valence-corrected chi connectivity index (χ4v) is 4.91. The average Bonchev–Trinajstić information content (AvgIpc) is 3.16. The van der Waals surface area contributed by atoms with Crippen LogP contribution < -0.4 is 4.74 Å². The Balaban J connectivity index is 1.44. The Morgan fingerprint density at radius 1 is 1.33 bits per heavy atom. The Morgan fingerprint density at radius 2 is 2.19 bits per heavy atom. The summed E-state index contributed by atoms with van der Waals surface area (Å²) in [6.07, 6.45) is 3.62. The molecule has 6 heteroatoms. The Bertz CT molecular complexity index is 905. The van der Waals surface area contributed by atoms with Crippen LogP contribution in [0.15, 0.2) is 24.5 Å². The molecular weight excluding hydrogens is 340 g/mol. The fourth-order valence-electron chi connectivity index (χ4n) is 4.91. The third kappa shape index (κ3) is 2.42. The number of nitrogens with zero attached hydrogens (tertiary/aromatic N) is 4. The van der Waals surface area contributed by atoms with E-state index < -0.39 is 0 Å². The molecule has 5 rings (SSSR count). The number of carbonyl (C=O) groups is 1. The van der Waals surface area contributed by atoms with Crippen molar-refractivity contribution in [1.82, 2.24) is 19.7 Å². The minimum Gasteiger partial charge on any atom is -0.493 e. The molecule has 1 saturated carbocycles. The number of fused-ring (bicyclic) bond motifs is 3. The maximum Gasteiger partial charge on any atom is 0.227 e. The monoisotopic (exact) mass is 366 g/mol. The van der Waals surface area contributed by atoms with Crippen molar-refractivity contribution in [1.29, 1.82) is 0 Å². The zero-order valence-electron chi connectivity index (χ0n) is 16.2. The van der Waals surface area contributed by atoms with E-state index in [4.69, 9.17) is 4.74 Å². The first-order valence-corrected chi connectivity index (χ1v) is 9.96. The summed E-state index contributed by atoms with van der Waals surface area (Å²) in [4.78, 5) is 15.4. The highest BCUT2D eigenvalue weighted by atomic mass is 16.5. The molecule has 2 aliphatic heterocycles. The van der Waals surface area contributed by atoms with Crippen LogP contribution in [0.25, 0.3) is 0 Å². The molecule has 6 nitrogen and oxygen atoms in total. The van der Waals surface area contributed by atoms with E-state index >= 15 is 0 Å². The zero-order valence-corrected chi connectivity index (χ0v) is 16.2. The van der Waals surface area contributed by atoms with Crippen molar-refractivity contribution in [3.05, 3.63) is 41.5 Å². The van der Waals surface area contributed by atoms with E-state index in [2.05, 4.69) is 53.7 Å². The lowest BCUT2D eigenvalue weighted by Crippen LogP contribution is -2.43. The third-order valence-electron chi connectivity index (χ3n) is 6.74. The topological polar surface area (TPSA) is 60.2 Å². The van der Waals surface area contributed by atoms with Gasteiger partial charge in [-0.05, 0) is 37.3 Å². The molecule has 3 atom stereocenters. The van der Waals surface area contributed by atoms with Gasteiger partial charge in [0.15, 0.2) is 5.82 Å². The number of hydrogen-bond donors (Lipinski definition) is 0. The second kappa shape index (κ2) is 5.81. The van der Waals surface area contributed by atoms with Gasteiger partial charge in [-0.3, -0.25) is 4.79 Å². The van der Waals surface area contributed by atoms with Crippen LogP contribution in [0, 0.1) is 5.92 Å². The number of carbonyl (C=O) groups excluding carboxylic acids is 1. The van der Waals surface area contributed by atoms with Gasteiger partial charge in [0.1, 0.15) is 12.1 Å². The highest BCUT2D eigenvalue weighted by Gasteiger charge is 2.62. The van der Waals surface area contributed by atoms with Crippen molar-refractivity contribution in [3.8, 4) is 5.75 Å². The molecule has 1 aromatic carbocycles. The maximum atomic E-state index is 13.4. The lowest BCUT2D eigenvalue weighted by atomic mass is 9.84. The van der Waals surface area contributed by atoms with E-state index in [1.54, 1.807) is 6.33 Å². The molecule has 3 aliphatic rings. The van der Waals surface area contributed by atoms with Gasteiger partial charge in [-0.1, -0.05) is 26.0 Å². The Morgan fingerprint density at radius 3 is 3.00 bits per heavy atom. The molecule has 1 aliphatic carbocycles. The second-order valence-electron chi connectivity index (χ2n) is 8.51. The van der Waals surface area contributed by atoms with Crippen LogP contribution in [0.5, 0.6) is 5.75 Å². The van der Waals surface area contributed by atoms with Gasteiger partial charge in [0.05, 0.1) is 12.6 Å². The predicted molar refractivity (Wildman–Crippen MR) is 101 cm³/mol. The molecule has 0 radical (unpaired) electrons. The van der Waals surface area contributed by atoms with Gasteiger partial charge in [0, 0.05) is 30.0 Å². The Kier molecular flexibility index (Phi) is 3.61. The maximum absolute atomic E-state index is 13.4. The molecule has 0 bridgehead atoms. The van der Waals surface area contributed by atoms with Crippen molar-refractivity contribution >= 4 is 5.91 Å². The Hall–Kier alpha value is -2.37. The van der Waals surface area contributed by atoms with Crippen molar-refractivity contribution < 1.29 is 9.53 Å². The van der Waals surface area contributed by atoms with Crippen LogP contribution in [0.1, 0.15) is 62.5 Å². The number of aromatic nitrogens is 3. The van der Waals surface area contributed by atoms with E-state index in [-0.39, 0.29) is 23.3 Å². The van der Waals surface area contributed by atoms with Gasteiger partial charge in [-0.15, -0.1) is 10.2 Å². The van der Waals surface area contributed by atoms with Crippen LogP contribution in [-0.2, 0) is 16.8 Å². The molecule has 0 unspecified atom stereocenters. The SMILES string of the molecule is CC(C)c1ccc2c(c1)[C@]1(CCO2)C[C@H]1C(=O)N1CCn2cnnc2[C@H]1C. The summed E-state index contributed by atoms with van der Waals surface area (Å²) in [5.74, 6) is 2.64. The number of benzene rings is 1. The lowest BCUT2D eigenvalue weighted by molar-refractivity contribution is -0.136. The number of amides is 1. The molecule has 1 amide bonds. The molecule has 2 aromatic rings. The average molecular weight is 366 g/mol. The molecule has 1 aromatic heterocycles. The van der Waals surface area contributed by atoms with Gasteiger partial charge in [0.25, 0.3) is 0 Å². The first kappa shape index (κ1) is 16.8. The number of rotatable bonds is 2. The lowest BCUT2D eigenvalue weighted by Gasteiger charge is -2.35. The molecule has 0 N–H and O–H groups in total. The van der Waals surface area contributed by atoms with E-state index in [0.717, 1.165) is 37.5 Å². The minimum absolute atomic E-state index is 0.0206. The van der Waals surface area contributed by atoms with Crippen LogP contribution in [0.3, 0.4) is 0 Å². The van der Waals surface area contributed by atoms with Crippen molar-refractivity contribution in [2.75, 3.05) is 13.2 Å². The highest BCUT2D eigenvalue weighted by molar-refractivity contribution is 5.85. The summed E-state index contributed by atoms with van der Waals surface area (Å²) >= 11 is 0. The number of hydrogen-bond acceptors (Lipinski definition) is 4. The number of ether oxygens (including phenoxy) is 1. The Labute approximate surface area is 159 Å². The highest BCUT2D eigenvalue weighted by Crippen LogP contribution is 2.61. The van der Waals surface area contributed by atoms with Crippen LogP contribution in [-0.4, -0.2) is 38.7 Å². The first-order valence-electron chi connectivity index (χ1n) is 9.96. The van der Waals surface area contributed by atoms with Gasteiger partial charge < -0.3 is 14.2 Å². The predicted octanol–water partition coefficient (Wildman–Crippen LogP) is 3.05. The quantitative estimate of drug-likeness (QED) is 0.820. The van der Waals surface area contributed by atoms with Crippen LogP contribution in [0.2, 0.25) is 0 Å². The molecule has 0 saturated heterocycles. The molecule has 3 heterocycles. The fraction of sp³-hybridized carbons (Fsp3) is 0.571. The van der Waals surface area contributed by atoms with Gasteiger partial charge in [0.2, 0.25) is 5.91 Å². The summed E-state index contributed by atoms with van der Waals surface area (Å²) < 4.78 is 7.97. The summed E-state index contributed by atoms with van der Waals surface area (Å²) in [5, 5.41) is 8.23. The smallest absolute Gasteiger partial charge is 0.227 e. The van der Waals surface area contributed by atoms with Crippen molar-refractivity contribution in [2.45, 2.75) is 57.5 Å². The summed E-state index contributed by atoms with van der Waals surface area (Å²) in [6, 6.07) is 6.51. The normalized spacial score (nSPS) is 28.7. The minimum atomic E-state index is -0.0413. The second-order valence-corrected chi connectivity index (χ2v) is 8.51. The van der Waals surface area contributed by atoms with E-state index in [9.17, 15) is 4.79 Å². The van der Waals surface area contributed by atoms with Crippen LogP contribution >= 0.6 is 0 Å². The van der Waals surface area contributed by atoms with E-state index in [1.165, 1.54) is 11.1 Å². The molecule has 1 spiro atoms. The van der Waals surface area contributed by atoms with Gasteiger partial charge >= 0.3 is 0 Å². The summed E-state index contributed by atoms with van der Waals surface area (Å²) in [6.45, 7) is 8.67. The van der Waals surface area contributed by atoms with Crippen molar-refractivity contribution in [2.24, 2.45) is 5.92 Å². The van der Waals surface area contributed by atoms with Crippen molar-refractivity contribution in [3.63, 3.8) is 0 Å². The van der Waals surface area contributed by atoms with E-state index in [0.29, 0.717) is 12.5 Å². The third-order valence-corrected chi connectivity index (χ3v) is 6.74. The molecule has 27 heavy (non-hydrogen) atoms. The molecule has 142 valence electrons. The largest absolute Gasteiger partial charge is 0.493 e. The first-order chi connectivity index (χ1) is 13.0.